The molecule has 162 valence electrons. The SMILES string of the molecule is CN=C(NCCCCC(=O)OC)N1CCN(Cc2cc(OC)ccc2OC)CC1. The van der Waals surface area contributed by atoms with Crippen LogP contribution in [0.15, 0.2) is 23.2 Å². The van der Waals surface area contributed by atoms with Crippen LogP contribution in [0.2, 0.25) is 0 Å². The van der Waals surface area contributed by atoms with Crippen molar-refractivity contribution in [2.45, 2.75) is 25.8 Å². The summed E-state index contributed by atoms with van der Waals surface area (Å²) in [6.45, 7) is 5.34. The van der Waals surface area contributed by atoms with Crippen molar-refractivity contribution in [2.24, 2.45) is 4.99 Å². The molecule has 1 aromatic carbocycles. The number of rotatable bonds is 9. The summed E-state index contributed by atoms with van der Waals surface area (Å²) in [5.74, 6) is 2.49. The summed E-state index contributed by atoms with van der Waals surface area (Å²) in [5.41, 5.74) is 1.13. The number of unbranched alkanes of at least 4 members (excludes halogenated alkanes) is 1. The van der Waals surface area contributed by atoms with E-state index in [0.717, 1.165) is 75.1 Å². The molecule has 0 saturated carbocycles. The number of carbonyl (C=O) groups excluding carboxylic acids is 1. The van der Waals surface area contributed by atoms with Gasteiger partial charge >= 0.3 is 5.97 Å². The molecule has 1 aromatic rings. The van der Waals surface area contributed by atoms with Gasteiger partial charge in [-0.15, -0.1) is 0 Å². The van der Waals surface area contributed by atoms with Crippen molar-refractivity contribution >= 4 is 11.9 Å². The van der Waals surface area contributed by atoms with Crippen LogP contribution in [0.3, 0.4) is 0 Å². The highest BCUT2D eigenvalue weighted by Crippen LogP contribution is 2.25. The van der Waals surface area contributed by atoms with E-state index in [9.17, 15) is 4.79 Å². The minimum Gasteiger partial charge on any atom is -0.497 e. The minimum atomic E-state index is -0.154. The Morgan fingerprint density at radius 2 is 1.86 bits per heavy atom. The van der Waals surface area contributed by atoms with E-state index in [0.29, 0.717) is 6.42 Å². The van der Waals surface area contributed by atoms with Crippen LogP contribution in [0.1, 0.15) is 24.8 Å². The summed E-state index contributed by atoms with van der Waals surface area (Å²) in [7, 11) is 6.61. The maximum absolute atomic E-state index is 11.2. The predicted octanol–water partition coefficient (Wildman–Crippen LogP) is 1.74. The number of hydrogen-bond donors (Lipinski definition) is 1. The number of methoxy groups -OCH3 is 3. The smallest absolute Gasteiger partial charge is 0.305 e. The van der Waals surface area contributed by atoms with Gasteiger partial charge < -0.3 is 24.4 Å². The minimum absolute atomic E-state index is 0.154. The van der Waals surface area contributed by atoms with Gasteiger partial charge in [-0.2, -0.15) is 0 Å². The van der Waals surface area contributed by atoms with Crippen LogP contribution >= 0.6 is 0 Å². The lowest BCUT2D eigenvalue weighted by Gasteiger charge is -2.36. The molecule has 0 aromatic heterocycles. The standard InChI is InChI=1S/C21H34N4O4/c1-22-21(23-10-6-5-7-20(26)29-4)25-13-11-24(12-14-25)16-17-15-18(27-2)8-9-19(17)28-3/h8-9,15H,5-7,10-14,16H2,1-4H3,(H,22,23). The van der Waals surface area contributed by atoms with Crippen molar-refractivity contribution in [2.75, 3.05) is 61.1 Å². The number of carbonyl (C=O) groups is 1. The molecule has 0 aliphatic carbocycles. The Morgan fingerprint density at radius 1 is 1.10 bits per heavy atom. The molecule has 1 heterocycles. The molecule has 0 unspecified atom stereocenters. The van der Waals surface area contributed by atoms with Gasteiger partial charge in [-0.1, -0.05) is 0 Å². The van der Waals surface area contributed by atoms with Gasteiger partial charge in [-0.3, -0.25) is 14.7 Å². The normalized spacial score (nSPS) is 15.2. The van der Waals surface area contributed by atoms with E-state index in [4.69, 9.17) is 9.47 Å². The topological polar surface area (TPSA) is 75.6 Å². The largest absolute Gasteiger partial charge is 0.497 e. The third-order valence-corrected chi connectivity index (χ3v) is 5.08. The fraction of sp³-hybridized carbons (Fsp3) is 0.619. The zero-order chi connectivity index (χ0) is 21.1. The van der Waals surface area contributed by atoms with E-state index < -0.39 is 0 Å². The van der Waals surface area contributed by atoms with Crippen molar-refractivity contribution in [3.63, 3.8) is 0 Å². The van der Waals surface area contributed by atoms with E-state index in [1.807, 2.05) is 25.2 Å². The van der Waals surface area contributed by atoms with Crippen molar-refractivity contribution in [1.82, 2.24) is 15.1 Å². The van der Waals surface area contributed by atoms with Crippen LogP contribution in [0.4, 0.5) is 0 Å². The van der Waals surface area contributed by atoms with E-state index >= 15 is 0 Å². The summed E-state index contributed by atoms with van der Waals surface area (Å²) < 4.78 is 15.5. The molecule has 0 radical (unpaired) electrons. The number of benzene rings is 1. The summed E-state index contributed by atoms with van der Waals surface area (Å²) >= 11 is 0. The Balaban J connectivity index is 1.78. The zero-order valence-electron chi connectivity index (χ0n) is 18.1. The number of nitrogens with one attached hydrogen (secondary N) is 1. The monoisotopic (exact) mass is 406 g/mol. The van der Waals surface area contributed by atoms with Crippen LogP contribution in [0, 0.1) is 0 Å². The summed E-state index contributed by atoms with van der Waals surface area (Å²) in [5, 5.41) is 3.40. The second kappa shape index (κ2) is 12.2. The molecule has 0 bridgehead atoms. The zero-order valence-corrected chi connectivity index (χ0v) is 18.1. The van der Waals surface area contributed by atoms with E-state index in [-0.39, 0.29) is 5.97 Å². The van der Waals surface area contributed by atoms with Crippen molar-refractivity contribution < 1.29 is 19.0 Å². The van der Waals surface area contributed by atoms with Crippen LogP contribution in [-0.2, 0) is 16.1 Å². The molecule has 8 heteroatoms. The summed E-state index contributed by atoms with van der Waals surface area (Å²) in [4.78, 5) is 20.3. The first-order valence-corrected chi connectivity index (χ1v) is 10.1. The Bertz CT molecular complexity index is 673. The number of aliphatic imine (C=N–C) groups is 1. The number of nitrogens with zero attached hydrogens (tertiary/aromatic N) is 3. The number of piperazine rings is 1. The predicted molar refractivity (Wildman–Crippen MR) is 114 cm³/mol. The molecule has 2 rings (SSSR count). The third-order valence-electron chi connectivity index (χ3n) is 5.08. The first-order chi connectivity index (χ1) is 14.1. The lowest BCUT2D eigenvalue weighted by atomic mass is 10.1. The molecule has 1 saturated heterocycles. The van der Waals surface area contributed by atoms with Crippen molar-refractivity contribution in [3.05, 3.63) is 23.8 Å². The average Bonchev–Trinajstić information content (AvgIpc) is 2.76. The fourth-order valence-corrected chi connectivity index (χ4v) is 3.39. The van der Waals surface area contributed by atoms with E-state index in [1.165, 1.54) is 7.11 Å². The van der Waals surface area contributed by atoms with Gasteiger partial charge in [0.25, 0.3) is 0 Å². The van der Waals surface area contributed by atoms with Crippen LogP contribution < -0.4 is 14.8 Å². The highest BCUT2D eigenvalue weighted by molar-refractivity contribution is 5.80. The lowest BCUT2D eigenvalue weighted by Crippen LogP contribution is -2.52. The Labute approximate surface area is 173 Å². The number of guanidine groups is 1. The van der Waals surface area contributed by atoms with Crippen LogP contribution in [-0.4, -0.2) is 82.8 Å². The van der Waals surface area contributed by atoms with E-state index in [1.54, 1.807) is 14.2 Å². The molecule has 8 nitrogen and oxygen atoms in total. The van der Waals surface area contributed by atoms with Gasteiger partial charge in [0, 0.05) is 58.3 Å². The summed E-state index contributed by atoms with van der Waals surface area (Å²) in [6, 6.07) is 5.91. The van der Waals surface area contributed by atoms with Crippen molar-refractivity contribution in [3.8, 4) is 11.5 Å². The van der Waals surface area contributed by atoms with Gasteiger partial charge in [-0.05, 0) is 31.0 Å². The molecule has 0 atom stereocenters. The first-order valence-electron chi connectivity index (χ1n) is 10.1. The second-order valence-electron chi connectivity index (χ2n) is 6.95. The van der Waals surface area contributed by atoms with Gasteiger partial charge in [0.15, 0.2) is 5.96 Å². The first kappa shape index (κ1) is 22.8. The average molecular weight is 407 g/mol. The van der Waals surface area contributed by atoms with Gasteiger partial charge in [0.2, 0.25) is 0 Å². The van der Waals surface area contributed by atoms with Crippen LogP contribution in [0.25, 0.3) is 0 Å². The number of esters is 1. The Hall–Kier alpha value is -2.48. The molecule has 0 amide bonds. The van der Waals surface area contributed by atoms with E-state index in [2.05, 4.69) is 24.8 Å². The van der Waals surface area contributed by atoms with Gasteiger partial charge in [0.05, 0.1) is 21.3 Å². The van der Waals surface area contributed by atoms with Gasteiger partial charge in [0.1, 0.15) is 11.5 Å². The van der Waals surface area contributed by atoms with Crippen LogP contribution in [0.5, 0.6) is 11.5 Å². The molecule has 0 spiro atoms. The molecule has 1 aliphatic heterocycles. The lowest BCUT2D eigenvalue weighted by molar-refractivity contribution is -0.140. The second-order valence-corrected chi connectivity index (χ2v) is 6.95. The fourth-order valence-electron chi connectivity index (χ4n) is 3.39. The molecular weight excluding hydrogens is 372 g/mol. The number of ether oxygens (including phenoxy) is 3. The summed E-state index contributed by atoms with van der Waals surface area (Å²) in [6.07, 6.45) is 2.18. The highest BCUT2D eigenvalue weighted by atomic mass is 16.5. The molecule has 1 aliphatic rings. The van der Waals surface area contributed by atoms with Crippen molar-refractivity contribution in [1.29, 1.82) is 0 Å². The van der Waals surface area contributed by atoms with Gasteiger partial charge in [-0.25, -0.2) is 0 Å². The Morgan fingerprint density at radius 3 is 2.48 bits per heavy atom. The molecular formula is C21H34N4O4. The maximum atomic E-state index is 11.2. The Kier molecular flexibility index (Phi) is 9.56. The molecule has 1 N–H and O–H groups in total. The molecule has 29 heavy (non-hydrogen) atoms. The third kappa shape index (κ3) is 7.12. The maximum Gasteiger partial charge on any atom is 0.305 e. The highest BCUT2D eigenvalue weighted by Gasteiger charge is 2.20. The number of hydrogen-bond acceptors (Lipinski definition) is 6. The molecule has 1 fully saturated rings. The quantitative estimate of drug-likeness (QED) is 0.290.